The lowest BCUT2D eigenvalue weighted by molar-refractivity contribution is -0.112. The van der Waals surface area contributed by atoms with E-state index in [0.717, 1.165) is 0 Å². The Kier molecular flexibility index (Phi) is 5.38. The van der Waals surface area contributed by atoms with Gasteiger partial charge >= 0.3 is 0 Å². The Morgan fingerprint density at radius 1 is 1.31 bits per heavy atom. The van der Waals surface area contributed by atoms with Crippen LogP contribution in [-0.2, 0) is 4.79 Å². The number of carbonyl (C=O) groups excluding carboxylic acids is 1. The van der Waals surface area contributed by atoms with Crippen LogP contribution in [0.3, 0.4) is 0 Å². The van der Waals surface area contributed by atoms with Crippen LogP contribution in [0, 0.1) is 18.3 Å². The first-order valence-corrected chi connectivity index (χ1v) is 8.92. The highest BCUT2D eigenvalue weighted by Gasteiger charge is 2.14. The van der Waals surface area contributed by atoms with Gasteiger partial charge in [-0.3, -0.25) is 10.1 Å². The van der Waals surface area contributed by atoms with Crippen molar-refractivity contribution in [2.75, 3.05) is 5.32 Å². The molecule has 0 aliphatic heterocycles. The Bertz CT molecular complexity index is 1050. The van der Waals surface area contributed by atoms with E-state index >= 15 is 0 Å². The fourth-order valence-corrected chi connectivity index (χ4v) is 3.19. The summed E-state index contributed by atoms with van der Waals surface area (Å²) in [5.74, 6) is -0.561. The smallest absolute Gasteiger partial charge is 0.268 e. The monoisotopic (exact) mass is 403 g/mol. The summed E-state index contributed by atoms with van der Waals surface area (Å²) in [5, 5.41) is 21.4. The SMILES string of the molecule is Cc1nnc(NC(=O)/C(C#N)=C\c2cccn2-c2cccc(Cl)c2Cl)s1. The fraction of sp³-hybridized carbons (Fsp3) is 0.0588. The molecule has 9 heteroatoms. The van der Waals surface area contributed by atoms with Crippen LogP contribution in [0.5, 0.6) is 0 Å². The fourth-order valence-electron chi connectivity index (χ4n) is 2.22. The molecule has 0 fully saturated rings. The van der Waals surface area contributed by atoms with Crippen LogP contribution in [0.25, 0.3) is 11.8 Å². The maximum atomic E-state index is 12.3. The molecule has 26 heavy (non-hydrogen) atoms. The number of amides is 1. The molecule has 2 aromatic heterocycles. The molecule has 0 aliphatic rings. The van der Waals surface area contributed by atoms with Gasteiger partial charge in [0.25, 0.3) is 5.91 Å². The number of hydrogen-bond acceptors (Lipinski definition) is 5. The minimum Gasteiger partial charge on any atom is -0.316 e. The largest absolute Gasteiger partial charge is 0.316 e. The Hall–Kier alpha value is -2.66. The number of aryl methyl sites for hydroxylation is 1. The highest BCUT2D eigenvalue weighted by Crippen LogP contribution is 2.30. The molecule has 0 saturated carbocycles. The summed E-state index contributed by atoms with van der Waals surface area (Å²) < 4.78 is 1.74. The van der Waals surface area contributed by atoms with Gasteiger partial charge in [0, 0.05) is 11.9 Å². The van der Waals surface area contributed by atoms with Gasteiger partial charge < -0.3 is 4.57 Å². The first-order chi connectivity index (χ1) is 12.5. The minimum absolute atomic E-state index is 0.0732. The first-order valence-electron chi connectivity index (χ1n) is 7.34. The molecule has 3 aromatic rings. The number of nitrogens with one attached hydrogen (secondary N) is 1. The third-order valence-corrected chi connectivity index (χ3v) is 4.94. The van der Waals surface area contributed by atoms with Crippen molar-refractivity contribution in [1.29, 1.82) is 5.26 Å². The lowest BCUT2D eigenvalue weighted by atomic mass is 10.2. The van der Waals surface area contributed by atoms with Crippen LogP contribution in [0.4, 0.5) is 5.13 Å². The standard InChI is InChI=1S/C17H11Cl2N5OS/c1-10-22-23-17(26-10)21-16(25)11(9-20)8-12-4-3-7-24(12)14-6-2-5-13(18)15(14)19/h2-8H,1H3,(H,21,23,25)/b11-8-. The Morgan fingerprint density at radius 3 is 2.81 bits per heavy atom. The van der Waals surface area contributed by atoms with E-state index in [9.17, 15) is 10.1 Å². The maximum absolute atomic E-state index is 12.3. The number of nitrogens with zero attached hydrogens (tertiary/aromatic N) is 4. The van der Waals surface area contributed by atoms with Crippen LogP contribution in [0.15, 0.2) is 42.1 Å². The normalized spacial score (nSPS) is 11.2. The van der Waals surface area contributed by atoms with E-state index < -0.39 is 5.91 Å². The maximum Gasteiger partial charge on any atom is 0.268 e. The summed E-state index contributed by atoms with van der Waals surface area (Å²) in [5.41, 5.74) is 1.18. The highest BCUT2D eigenvalue weighted by molar-refractivity contribution is 7.15. The molecular weight excluding hydrogens is 393 g/mol. The molecule has 1 N–H and O–H groups in total. The lowest BCUT2D eigenvalue weighted by Gasteiger charge is -2.10. The van der Waals surface area contributed by atoms with Crippen molar-refractivity contribution >= 4 is 51.7 Å². The number of halogens is 2. The molecule has 0 spiro atoms. The summed E-state index contributed by atoms with van der Waals surface area (Å²) in [4.78, 5) is 12.3. The molecule has 0 unspecified atom stereocenters. The molecule has 0 radical (unpaired) electrons. The number of aromatic nitrogens is 3. The van der Waals surface area contributed by atoms with Gasteiger partial charge in [-0.05, 0) is 37.3 Å². The number of benzene rings is 1. The molecule has 1 aromatic carbocycles. The van der Waals surface area contributed by atoms with Crippen LogP contribution < -0.4 is 5.32 Å². The second kappa shape index (κ2) is 7.70. The zero-order valence-corrected chi connectivity index (χ0v) is 15.7. The number of rotatable bonds is 4. The molecule has 0 saturated heterocycles. The Labute approximate surface area is 163 Å². The molecule has 130 valence electrons. The van der Waals surface area contributed by atoms with Gasteiger partial charge in [0.15, 0.2) is 0 Å². The lowest BCUT2D eigenvalue weighted by Crippen LogP contribution is -2.13. The molecule has 6 nitrogen and oxygen atoms in total. The van der Waals surface area contributed by atoms with E-state index in [2.05, 4.69) is 15.5 Å². The molecular formula is C17H11Cl2N5OS. The summed E-state index contributed by atoms with van der Waals surface area (Å²) >= 11 is 13.6. The van der Waals surface area contributed by atoms with Gasteiger partial charge in [0.05, 0.1) is 15.7 Å². The third-order valence-electron chi connectivity index (χ3n) is 3.37. The zero-order chi connectivity index (χ0) is 18.7. The second-order valence-electron chi connectivity index (χ2n) is 5.13. The third kappa shape index (κ3) is 3.78. The van der Waals surface area contributed by atoms with Gasteiger partial charge in [-0.25, -0.2) is 0 Å². The van der Waals surface area contributed by atoms with Crippen LogP contribution in [0.2, 0.25) is 10.0 Å². The van der Waals surface area contributed by atoms with Crippen molar-refractivity contribution in [2.45, 2.75) is 6.92 Å². The quantitative estimate of drug-likeness (QED) is 0.513. The van der Waals surface area contributed by atoms with Gasteiger partial charge in [-0.15, -0.1) is 10.2 Å². The first kappa shape index (κ1) is 18.1. The Morgan fingerprint density at radius 2 is 2.12 bits per heavy atom. The van der Waals surface area contributed by atoms with Crippen molar-refractivity contribution in [3.8, 4) is 11.8 Å². The summed E-state index contributed by atoms with van der Waals surface area (Å²) in [6, 6.07) is 10.7. The van der Waals surface area contributed by atoms with E-state index in [4.69, 9.17) is 23.2 Å². The van der Waals surface area contributed by atoms with Crippen molar-refractivity contribution in [2.24, 2.45) is 0 Å². The van der Waals surface area contributed by atoms with Crippen molar-refractivity contribution in [1.82, 2.24) is 14.8 Å². The number of nitriles is 1. The van der Waals surface area contributed by atoms with Gasteiger partial charge in [-0.2, -0.15) is 5.26 Å². The molecule has 0 aliphatic carbocycles. The Balaban J connectivity index is 1.94. The van der Waals surface area contributed by atoms with Crippen LogP contribution in [0.1, 0.15) is 10.7 Å². The van der Waals surface area contributed by atoms with E-state index in [-0.39, 0.29) is 5.57 Å². The summed E-state index contributed by atoms with van der Waals surface area (Å²) in [6.45, 7) is 1.77. The van der Waals surface area contributed by atoms with Crippen LogP contribution >= 0.6 is 34.5 Å². The van der Waals surface area contributed by atoms with Gasteiger partial charge in [0.1, 0.15) is 16.6 Å². The number of hydrogen-bond donors (Lipinski definition) is 1. The van der Waals surface area contributed by atoms with Gasteiger partial charge in [0.2, 0.25) is 5.13 Å². The van der Waals surface area contributed by atoms with E-state index in [1.807, 2.05) is 6.07 Å². The van der Waals surface area contributed by atoms with Gasteiger partial charge in [-0.1, -0.05) is 40.6 Å². The topological polar surface area (TPSA) is 83.6 Å². The highest BCUT2D eigenvalue weighted by atomic mass is 35.5. The summed E-state index contributed by atoms with van der Waals surface area (Å²) in [6.07, 6.45) is 3.24. The molecule has 0 bridgehead atoms. The predicted octanol–water partition coefficient (Wildman–Crippen LogP) is 4.49. The van der Waals surface area contributed by atoms with E-state index in [1.54, 1.807) is 48.0 Å². The molecule has 3 rings (SSSR count). The van der Waals surface area contributed by atoms with E-state index in [1.165, 1.54) is 17.4 Å². The second-order valence-corrected chi connectivity index (χ2v) is 7.09. The summed E-state index contributed by atoms with van der Waals surface area (Å²) in [7, 11) is 0. The minimum atomic E-state index is -0.561. The van der Waals surface area contributed by atoms with Crippen molar-refractivity contribution in [3.05, 3.63) is 62.8 Å². The number of carbonyl (C=O) groups is 1. The van der Waals surface area contributed by atoms with E-state index in [0.29, 0.717) is 31.6 Å². The van der Waals surface area contributed by atoms with Crippen molar-refractivity contribution in [3.63, 3.8) is 0 Å². The molecule has 1 amide bonds. The average Bonchev–Trinajstić information content (AvgIpc) is 3.24. The van der Waals surface area contributed by atoms with Crippen molar-refractivity contribution < 1.29 is 4.79 Å². The predicted molar refractivity (Wildman–Crippen MR) is 103 cm³/mol. The number of anilines is 1. The molecule has 2 heterocycles. The van der Waals surface area contributed by atoms with Crippen LogP contribution in [-0.4, -0.2) is 20.7 Å². The average molecular weight is 404 g/mol. The zero-order valence-electron chi connectivity index (χ0n) is 13.4. The molecule has 0 atom stereocenters.